The van der Waals surface area contributed by atoms with Crippen LogP contribution in [0.2, 0.25) is 5.02 Å². The normalized spacial score (nSPS) is 10.7. The molecule has 2 heterocycles. The van der Waals surface area contributed by atoms with E-state index in [9.17, 15) is 0 Å². The molecule has 0 aliphatic heterocycles. The van der Waals surface area contributed by atoms with Crippen molar-refractivity contribution >= 4 is 49.7 Å². The van der Waals surface area contributed by atoms with Gasteiger partial charge in [0.2, 0.25) is 5.13 Å². The molecule has 2 aromatic heterocycles. The van der Waals surface area contributed by atoms with Gasteiger partial charge in [-0.3, -0.25) is 4.98 Å². The first-order valence-electron chi connectivity index (χ1n) is 8.29. The van der Waals surface area contributed by atoms with Crippen LogP contribution in [0, 0.1) is 0 Å². The predicted octanol–water partition coefficient (Wildman–Crippen LogP) is 6.44. The van der Waals surface area contributed by atoms with Crippen molar-refractivity contribution in [3.8, 4) is 27.6 Å². The number of ether oxygens (including phenoxy) is 1. The van der Waals surface area contributed by atoms with Crippen LogP contribution in [0.5, 0.6) is 5.75 Å². The van der Waals surface area contributed by atoms with Crippen molar-refractivity contribution in [1.29, 1.82) is 0 Å². The van der Waals surface area contributed by atoms with Gasteiger partial charge in [-0.25, -0.2) is 0 Å². The van der Waals surface area contributed by atoms with Gasteiger partial charge in [0, 0.05) is 26.9 Å². The Hall–Kier alpha value is -2.48. The van der Waals surface area contributed by atoms with Crippen molar-refractivity contribution in [2.45, 2.75) is 0 Å². The van der Waals surface area contributed by atoms with Gasteiger partial charge in [0.15, 0.2) is 0 Å². The number of hydrogen-bond donors (Lipinski definition) is 1. The van der Waals surface area contributed by atoms with Crippen LogP contribution >= 0.6 is 38.9 Å². The van der Waals surface area contributed by atoms with Crippen molar-refractivity contribution in [2.24, 2.45) is 0 Å². The van der Waals surface area contributed by atoms with Crippen LogP contribution in [0.15, 0.2) is 65.3 Å². The summed E-state index contributed by atoms with van der Waals surface area (Å²) in [5.41, 5.74) is 3.47. The Morgan fingerprint density at radius 1 is 1.07 bits per heavy atom. The third kappa shape index (κ3) is 4.01. The largest absolute Gasteiger partial charge is 0.496 e. The molecule has 0 saturated carbocycles. The van der Waals surface area contributed by atoms with E-state index in [0.717, 1.165) is 32.0 Å². The predicted molar refractivity (Wildman–Crippen MR) is 118 cm³/mol. The second-order valence-electron chi connectivity index (χ2n) is 5.79. The number of anilines is 2. The number of halogens is 2. The third-order valence-corrected chi connectivity index (χ3v) is 5.54. The summed E-state index contributed by atoms with van der Waals surface area (Å²) in [4.78, 5) is 4.49. The van der Waals surface area contributed by atoms with Gasteiger partial charge >= 0.3 is 0 Å². The molecule has 1 N–H and O–H groups in total. The number of benzene rings is 2. The minimum absolute atomic E-state index is 0.684. The fourth-order valence-corrected chi connectivity index (χ4v) is 4.07. The minimum atomic E-state index is 0.684. The molecule has 0 aliphatic carbocycles. The Morgan fingerprint density at radius 3 is 2.61 bits per heavy atom. The van der Waals surface area contributed by atoms with Gasteiger partial charge in [-0.1, -0.05) is 44.9 Å². The molecule has 0 amide bonds. The van der Waals surface area contributed by atoms with Crippen LogP contribution in [0.25, 0.3) is 21.8 Å². The van der Waals surface area contributed by atoms with E-state index in [1.807, 2.05) is 54.6 Å². The molecule has 0 bridgehead atoms. The summed E-state index contributed by atoms with van der Waals surface area (Å²) in [6.45, 7) is 0. The first-order valence-corrected chi connectivity index (χ1v) is 10.3. The fourth-order valence-electron chi connectivity index (χ4n) is 2.73. The van der Waals surface area contributed by atoms with Crippen molar-refractivity contribution in [2.75, 3.05) is 12.4 Å². The molecule has 0 unspecified atom stereocenters. The maximum absolute atomic E-state index is 5.94. The van der Waals surface area contributed by atoms with Gasteiger partial charge in [0.05, 0.1) is 18.4 Å². The van der Waals surface area contributed by atoms with E-state index in [0.29, 0.717) is 15.9 Å². The summed E-state index contributed by atoms with van der Waals surface area (Å²) in [5.74, 6) is 0.713. The quantitative estimate of drug-likeness (QED) is 0.362. The number of pyridine rings is 1. The van der Waals surface area contributed by atoms with Gasteiger partial charge in [-0.05, 0) is 48.5 Å². The Bertz CT molecular complexity index is 1100. The van der Waals surface area contributed by atoms with Crippen LogP contribution in [0.4, 0.5) is 10.8 Å². The summed E-state index contributed by atoms with van der Waals surface area (Å²) < 4.78 is 6.50. The van der Waals surface area contributed by atoms with Crippen LogP contribution in [0.3, 0.4) is 0 Å². The van der Waals surface area contributed by atoms with E-state index in [4.69, 9.17) is 16.3 Å². The lowest BCUT2D eigenvalue weighted by molar-refractivity contribution is 0.416. The summed E-state index contributed by atoms with van der Waals surface area (Å²) in [7, 11) is 1.64. The highest BCUT2D eigenvalue weighted by atomic mass is 79.9. The maximum Gasteiger partial charge on any atom is 0.210 e. The zero-order valence-corrected chi connectivity index (χ0v) is 17.8. The molecule has 28 heavy (non-hydrogen) atoms. The van der Waals surface area contributed by atoms with Crippen molar-refractivity contribution < 1.29 is 4.74 Å². The van der Waals surface area contributed by atoms with Crippen molar-refractivity contribution in [3.63, 3.8) is 0 Å². The molecule has 0 fully saturated rings. The Balaban J connectivity index is 1.76. The number of hydrogen-bond acceptors (Lipinski definition) is 6. The molecule has 0 atom stereocenters. The lowest BCUT2D eigenvalue weighted by Crippen LogP contribution is -1.94. The molecule has 140 valence electrons. The van der Waals surface area contributed by atoms with E-state index >= 15 is 0 Å². The number of nitrogens with one attached hydrogen (secondary N) is 1. The SMILES string of the molecule is COc1cc(Br)cc(-c2nnc(Nc3ccc(Cl)cc3)s2)c1-c1ccccn1. The zero-order valence-electron chi connectivity index (χ0n) is 14.7. The smallest absolute Gasteiger partial charge is 0.210 e. The second kappa shape index (κ2) is 8.26. The van der Waals surface area contributed by atoms with Gasteiger partial charge in [-0.15, -0.1) is 10.2 Å². The van der Waals surface area contributed by atoms with Crippen LogP contribution in [0.1, 0.15) is 0 Å². The molecule has 0 spiro atoms. The Morgan fingerprint density at radius 2 is 1.89 bits per heavy atom. The zero-order chi connectivity index (χ0) is 19.5. The van der Waals surface area contributed by atoms with Gasteiger partial charge in [-0.2, -0.15) is 0 Å². The highest BCUT2D eigenvalue weighted by Gasteiger charge is 2.19. The fraction of sp³-hybridized carbons (Fsp3) is 0.0500. The van der Waals surface area contributed by atoms with Crippen molar-refractivity contribution in [3.05, 3.63) is 70.3 Å². The molecule has 5 nitrogen and oxygen atoms in total. The summed E-state index contributed by atoms with van der Waals surface area (Å²) in [6.07, 6.45) is 1.76. The van der Waals surface area contributed by atoms with E-state index in [1.54, 1.807) is 13.3 Å². The minimum Gasteiger partial charge on any atom is -0.496 e. The second-order valence-corrected chi connectivity index (χ2v) is 8.12. The Labute approximate surface area is 179 Å². The van der Waals surface area contributed by atoms with Gasteiger partial charge in [0.25, 0.3) is 0 Å². The molecule has 0 saturated heterocycles. The summed E-state index contributed by atoms with van der Waals surface area (Å²) >= 11 is 10.9. The first-order chi connectivity index (χ1) is 13.6. The standard InChI is InChI=1S/C20H14BrClN4OS/c1-27-17-11-12(21)10-15(18(17)16-4-2-3-9-23-16)19-25-26-20(28-19)24-14-7-5-13(22)6-8-14/h2-11H,1H3,(H,24,26). The molecule has 0 aliphatic rings. The maximum atomic E-state index is 5.94. The average molecular weight is 474 g/mol. The number of methoxy groups -OCH3 is 1. The molecule has 8 heteroatoms. The summed E-state index contributed by atoms with van der Waals surface area (Å²) in [6, 6.07) is 17.1. The van der Waals surface area contributed by atoms with Crippen LogP contribution in [-0.4, -0.2) is 22.3 Å². The topological polar surface area (TPSA) is 59.9 Å². The number of nitrogens with zero attached hydrogens (tertiary/aromatic N) is 3. The number of aromatic nitrogens is 3. The Kier molecular flexibility index (Phi) is 5.57. The van der Waals surface area contributed by atoms with Crippen LogP contribution in [-0.2, 0) is 0 Å². The van der Waals surface area contributed by atoms with E-state index in [1.165, 1.54) is 11.3 Å². The summed E-state index contributed by atoms with van der Waals surface area (Å²) in [5, 5.41) is 14.0. The molecular formula is C20H14BrClN4OS. The van der Waals surface area contributed by atoms with Crippen LogP contribution < -0.4 is 10.1 Å². The molecule has 0 radical (unpaired) electrons. The van der Waals surface area contributed by atoms with Crippen molar-refractivity contribution in [1.82, 2.24) is 15.2 Å². The first kappa shape index (κ1) is 18.9. The highest BCUT2D eigenvalue weighted by Crippen LogP contribution is 2.42. The van der Waals surface area contributed by atoms with Gasteiger partial charge < -0.3 is 10.1 Å². The molecular weight excluding hydrogens is 460 g/mol. The molecule has 4 rings (SSSR count). The highest BCUT2D eigenvalue weighted by molar-refractivity contribution is 9.10. The van der Waals surface area contributed by atoms with E-state index in [-0.39, 0.29) is 0 Å². The van der Waals surface area contributed by atoms with E-state index in [2.05, 4.69) is 36.4 Å². The molecule has 2 aromatic carbocycles. The third-order valence-electron chi connectivity index (χ3n) is 3.96. The molecule has 4 aromatic rings. The lowest BCUT2D eigenvalue weighted by Gasteiger charge is -2.12. The monoisotopic (exact) mass is 472 g/mol. The van der Waals surface area contributed by atoms with E-state index < -0.39 is 0 Å². The van der Waals surface area contributed by atoms with Gasteiger partial charge in [0.1, 0.15) is 10.8 Å². The number of rotatable bonds is 5. The average Bonchev–Trinajstić information content (AvgIpc) is 3.18. The lowest BCUT2D eigenvalue weighted by atomic mass is 10.0.